The number of aromatic amines is 1. The number of H-pyrrole nitrogens is 1. The number of carbonyl (C=O) groups is 2. The van der Waals surface area contributed by atoms with Gasteiger partial charge in [-0.15, -0.1) is 12.4 Å². The van der Waals surface area contributed by atoms with Crippen LogP contribution >= 0.6 is 12.4 Å². The van der Waals surface area contributed by atoms with Crippen LogP contribution in [0.5, 0.6) is 0 Å². The van der Waals surface area contributed by atoms with Crippen molar-refractivity contribution in [3.8, 4) is 0 Å². The highest BCUT2D eigenvalue weighted by Crippen LogP contribution is 2.16. The third kappa shape index (κ3) is 4.24. The Morgan fingerprint density at radius 3 is 2.08 bits per heavy atom. The molecule has 0 unspecified atom stereocenters. The molecule has 0 radical (unpaired) electrons. The van der Waals surface area contributed by atoms with E-state index in [4.69, 9.17) is 5.73 Å². The molecule has 6 heteroatoms. The molecule has 1 amide bonds. The number of rotatable bonds is 7. The fourth-order valence-corrected chi connectivity index (χ4v) is 2.48. The molecule has 0 saturated heterocycles. The lowest BCUT2D eigenvalue weighted by molar-refractivity contribution is 0.0894. The second kappa shape index (κ2) is 8.66. The first-order chi connectivity index (χ1) is 11.0. The van der Waals surface area contributed by atoms with Gasteiger partial charge in [-0.2, -0.15) is 0 Å². The Morgan fingerprint density at radius 1 is 1.04 bits per heavy atom. The van der Waals surface area contributed by atoms with Crippen molar-refractivity contribution >= 4 is 24.1 Å². The van der Waals surface area contributed by atoms with Gasteiger partial charge in [0.2, 0.25) is 0 Å². The first kappa shape index (κ1) is 19.9. The van der Waals surface area contributed by atoms with Gasteiger partial charge in [0.05, 0.1) is 5.54 Å². The van der Waals surface area contributed by atoms with E-state index in [-0.39, 0.29) is 29.6 Å². The van der Waals surface area contributed by atoms with Crippen molar-refractivity contribution in [3.63, 3.8) is 0 Å². The lowest BCUT2D eigenvalue weighted by Gasteiger charge is -2.31. The van der Waals surface area contributed by atoms with Crippen molar-refractivity contribution in [2.45, 2.75) is 32.2 Å². The maximum atomic E-state index is 12.4. The van der Waals surface area contributed by atoms with Gasteiger partial charge >= 0.3 is 0 Å². The van der Waals surface area contributed by atoms with Crippen LogP contribution in [0.2, 0.25) is 0 Å². The van der Waals surface area contributed by atoms with E-state index < -0.39 is 0 Å². The number of benzene rings is 1. The maximum absolute atomic E-state index is 12.4. The molecule has 0 spiro atoms. The van der Waals surface area contributed by atoms with Crippen LogP contribution in [0, 0.1) is 0 Å². The zero-order valence-electron chi connectivity index (χ0n) is 14.0. The summed E-state index contributed by atoms with van der Waals surface area (Å²) in [5.74, 6) is -0.239. The lowest BCUT2D eigenvalue weighted by atomic mass is 9.92. The Bertz CT molecular complexity index is 654. The summed E-state index contributed by atoms with van der Waals surface area (Å²) in [5.41, 5.74) is 7.11. The molecule has 4 N–H and O–H groups in total. The summed E-state index contributed by atoms with van der Waals surface area (Å²) in [6.07, 6.45) is 4.91. The van der Waals surface area contributed by atoms with E-state index in [1.807, 2.05) is 13.8 Å². The van der Waals surface area contributed by atoms with E-state index in [1.54, 1.807) is 42.7 Å². The summed E-state index contributed by atoms with van der Waals surface area (Å²) in [4.78, 5) is 27.5. The smallest absolute Gasteiger partial charge is 0.251 e. The summed E-state index contributed by atoms with van der Waals surface area (Å²) in [5, 5.41) is 3.02. The predicted octanol–water partition coefficient (Wildman–Crippen LogP) is 2.91. The molecule has 0 fully saturated rings. The van der Waals surface area contributed by atoms with Crippen LogP contribution in [0.3, 0.4) is 0 Å². The topological polar surface area (TPSA) is 88.0 Å². The number of halogens is 1. The molecule has 0 aliphatic carbocycles. The summed E-state index contributed by atoms with van der Waals surface area (Å²) in [7, 11) is 0. The fourth-order valence-electron chi connectivity index (χ4n) is 2.48. The van der Waals surface area contributed by atoms with Gasteiger partial charge in [0.15, 0.2) is 5.78 Å². The number of nitrogens with one attached hydrogen (secondary N) is 2. The highest BCUT2D eigenvalue weighted by Gasteiger charge is 2.26. The van der Waals surface area contributed by atoms with E-state index >= 15 is 0 Å². The molecule has 24 heavy (non-hydrogen) atoms. The molecule has 0 aliphatic heterocycles. The molecule has 1 aromatic heterocycles. The van der Waals surface area contributed by atoms with E-state index in [0.29, 0.717) is 23.2 Å². The molecule has 1 aromatic carbocycles. The first-order valence-corrected chi connectivity index (χ1v) is 7.85. The minimum Gasteiger partial charge on any atom is -0.367 e. The first-order valence-electron chi connectivity index (χ1n) is 7.85. The molecule has 130 valence electrons. The fraction of sp³-hybridized carbons (Fsp3) is 0.333. The maximum Gasteiger partial charge on any atom is 0.251 e. The van der Waals surface area contributed by atoms with Crippen molar-refractivity contribution < 1.29 is 9.59 Å². The van der Waals surface area contributed by atoms with Gasteiger partial charge in [-0.3, -0.25) is 9.59 Å². The lowest BCUT2D eigenvalue weighted by Crippen LogP contribution is -2.52. The Labute approximate surface area is 148 Å². The third-order valence-corrected chi connectivity index (χ3v) is 4.39. The van der Waals surface area contributed by atoms with Crippen LogP contribution < -0.4 is 11.1 Å². The quantitative estimate of drug-likeness (QED) is 0.671. The van der Waals surface area contributed by atoms with E-state index in [0.717, 1.165) is 12.8 Å². The second-order valence-corrected chi connectivity index (χ2v) is 5.65. The van der Waals surface area contributed by atoms with Gasteiger partial charge < -0.3 is 16.0 Å². The summed E-state index contributed by atoms with van der Waals surface area (Å²) in [6, 6.07) is 8.41. The van der Waals surface area contributed by atoms with Gasteiger partial charge in [0.25, 0.3) is 5.91 Å². The van der Waals surface area contributed by atoms with Crippen LogP contribution in [0.15, 0.2) is 42.7 Å². The third-order valence-electron chi connectivity index (χ3n) is 4.39. The van der Waals surface area contributed by atoms with E-state index in [1.165, 1.54) is 0 Å². The van der Waals surface area contributed by atoms with Crippen molar-refractivity contribution in [1.82, 2.24) is 10.3 Å². The Hall–Kier alpha value is -2.11. The summed E-state index contributed by atoms with van der Waals surface area (Å²) < 4.78 is 0. The van der Waals surface area contributed by atoms with Crippen LogP contribution in [0.25, 0.3) is 0 Å². The molecule has 2 rings (SSSR count). The highest BCUT2D eigenvalue weighted by atomic mass is 35.5. The van der Waals surface area contributed by atoms with Crippen molar-refractivity contribution in [3.05, 3.63) is 59.4 Å². The standard InChI is InChI=1S/C18H23N3O2.ClH/c1-3-18(4-2,12-19)21-17(23)14-7-5-13(6-8-14)16(22)15-9-10-20-11-15;/h5-11,20H,3-4,12,19H2,1-2H3,(H,21,23);1H. The van der Waals surface area contributed by atoms with E-state index in [2.05, 4.69) is 10.3 Å². The van der Waals surface area contributed by atoms with Crippen LogP contribution in [0.4, 0.5) is 0 Å². The van der Waals surface area contributed by atoms with Gasteiger partial charge in [-0.25, -0.2) is 0 Å². The molecule has 2 aromatic rings. The van der Waals surface area contributed by atoms with Crippen LogP contribution in [0.1, 0.15) is 53.0 Å². The van der Waals surface area contributed by atoms with Gasteiger partial charge in [-0.1, -0.05) is 26.0 Å². The van der Waals surface area contributed by atoms with Gasteiger partial charge in [-0.05, 0) is 31.0 Å². The largest absolute Gasteiger partial charge is 0.367 e. The number of carbonyl (C=O) groups excluding carboxylic acids is 2. The zero-order valence-corrected chi connectivity index (χ0v) is 14.8. The van der Waals surface area contributed by atoms with Crippen LogP contribution in [-0.4, -0.2) is 28.8 Å². The van der Waals surface area contributed by atoms with Gasteiger partial charge in [0.1, 0.15) is 0 Å². The molecule has 0 bridgehead atoms. The molecule has 0 saturated carbocycles. The average molecular weight is 350 g/mol. The average Bonchev–Trinajstić information content (AvgIpc) is 3.14. The molecule has 5 nitrogen and oxygen atoms in total. The van der Waals surface area contributed by atoms with Gasteiger partial charge in [0, 0.05) is 35.6 Å². The summed E-state index contributed by atoms with van der Waals surface area (Å²) in [6.45, 7) is 4.42. The number of hydrogen-bond donors (Lipinski definition) is 3. The SMILES string of the molecule is CCC(CC)(CN)NC(=O)c1ccc(C(=O)c2cc[nH]c2)cc1.Cl. The minimum absolute atomic E-state index is 0. The zero-order chi connectivity index (χ0) is 16.9. The predicted molar refractivity (Wildman–Crippen MR) is 97.7 cm³/mol. The normalized spacial score (nSPS) is 10.8. The molecule has 1 heterocycles. The molecular weight excluding hydrogens is 326 g/mol. The molecule has 0 atom stereocenters. The second-order valence-electron chi connectivity index (χ2n) is 5.65. The number of aromatic nitrogens is 1. The van der Waals surface area contributed by atoms with Crippen molar-refractivity contribution in [2.24, 2.45) is 5.73 Å². The van der Waals surface area contributed by atoms with Crippen LogP contribution in [-0.2, 0) is 0 Å². The Balaban J connectivity index is 0.00000288. The minimum atomic E-state index is -0.378. The highest BCUT2D eigenvalue weighted by molar-refractivity contribution is 6.09. The van der Waals surface area contributed by atoms with E-state index in [9.17, 15) is 9.59 Å². The number of hydrogen-bond acceptors (Lipinski definition) is 3. The monoisotopic (exact) mass is 349 g/mol. The number of ketones is 1. The molecule has 0 aliphatic rings. The molecular formula is C18H24ClN3O2. The Kier molecular flexibility index (Phi) is 7.19. The summed E-state index contributed by atoms with van der Waals surface area (Å²) >= 11 is 0. The Morgan fingerprint density at radius 2 is 1.62 bits per heavy atom. The number of amides is 1. The number of nitrogens with two attached hydrogens (primary N) is 1. The van der Waals surface area contributed by atoms with Crippen molar-refractivity contribution in [2.75, 3.05) is 6.54 Å². The van der Waals surface area contributed by atoms with Crippen molar-refractivity contribution in [1.29, 1.82) is 0 Å².